The van der Waals surface area contributed by atoms with Crippen LogP contribution in [-0.4, -0.2) is 90.5 Å². The van der Waals surface area contributed by atoms with E-state index < -0.39 is 14.0 Å². The van der Waals surface area contributed by atoms with Crippen LogP contribution in [-0.2, 0) is 18.6 Å². The Balaban J connectivity index is 4.32. The zero-order chi connectivity index (χ0) is 16.8. The third-order valence-corrected chi connectivity index (χ3v) is 3.47. The van der Waals surface area contributed by atoms with Gasteiger partial charge in [0.25, 0.3) is 0 Å². The molecule has 0 aliphatic rings. The lowest BCUT2D eigenvalue weighted by molar-refractivity contribution is 0.154. The number of rotatable bonds is 15. The SMILES string of the molecule is CCOB(OCCN(C)CC)B(OCC)OCCN(C)CC. The van der Waals surface area contributed by atoms with Crippen LogP contribution in [0.15, 0.2) is 0 Å². The highest BCUT2D eigenvalue weighted by atomic mass is 16.6. The maximum Gasteiger partial charge on any atom is 0.488 e. The zero-order valence-corrected chi connectivity index (χ0v) is 15.3. The number of hydrogen-bond donors (Lipinski definition) is 0. The van der Waals surface area contributed by atoms with E-state index in [4.69, 9.17) is 18.6 Å². The van der Waals surface area contributed by atoms with Crippen molar-refractivity contribution in [2.45, 2.75) is 27.7 Å². The minimum Gasteiger partial charge on any atom is -0.414 e. The quantitative estimate of drug-likeness (QED) is 0.421. The first kappa shape index (κ1) is 21.9. The fraction of sp³-hybridized carbons (Fsp3) is 1.00. The fourth-order valence-electron chi connectivity index (χ4n) is 1.70. The summed E-state index contributed by atoms with van der Waals surface area (Å²) in [7, 11) is 3.16. The molecule has 0 rings (SSSR count). The van der Waals surface area contributed by atoms with Gasteiger partial charge in [-0.05, 0) is 41.0 Å². The third-order valence-electron chi connectivity index (χ3n) is 3.47. The van der Waals surface area contributed by atoms with Crippen LogP contribution in [0.25, 0.3) is 0 Å². The molecule has 0 spiro atoms. The Morgan fingerprint density at radius 1 is 0.636 bits per heavy atom. The van der Waals surface area contributed by atoms with Gasteiger partial charge in [0.15, 0.2) is 0 Å². The van der Waals surface area contributed by atoms with Gasteiger partial charge in [-0.1, -0.05) is 13.8 Å². The molecule has 0 amide bonds. The summed E-state index contributed by atoms with van der Waals surface area (Å²) in [5.41, 5.74) is 0. The minimum atomic E-state index is -0.484. The van der Waals surface area contributed by atoms with Gasteiger partial charge in [-0.3, -0.25) is 0 Å². The van der Waals surface area contributed by atoms with Crippen LogP contribution in [0.2, 0.25) is 0 Å². The largest absolute Gasteiger partial charge is 0.488 e. The topological polar surface area (TPSA) is 43.4 Å². The minimum absolute atomic E-state index is 0.484. The molecule has 0 saturated heterocycles. The molecule has 0 aromatic carbocycles. The normalized spacial score (nSPS) is 11.5. The Bertz CT molecular complexity index is 229. The second kappa shape index (κ2) is 14.5. The van der Waals surface area contributed by atoms with Crippen molar-refractivity contribution in [3.05, 3.63) is 0 Å². The van der Waals surface area contributed by atoms with Crippen molar-refractivity contribution >= 4 is 14.0 Å². The summed E-state index contributed by atoms with van der Waals surface area (Å²) in [6.45, 7) is 14.2. The van der Waals surface area contributed by atoms with Gasteiger partial charge in [-0.15, -0.1) is 0 Å². The molecule has 8 heteroatoms. The van der Waals surface area contributed by atoms with Crippen molar-refractivity contribution in [1.29, 1.82) is 0 Å². The molecule has 6 nitrogen and oxygen atoms in total. The maximum absolute atomic E-state index is 5.83. The molecule has 0 atom stereocenters. The van der Waals surface area contributed by atoms with E-state index in [-0.39, 0.29) is 0 Å². The maximum atomic E-state index is 5.83. The van der Waals surface area contributed by atoms with E-state index in [9.17, 15) is 0 Å². The molecule has 130 valence electrons. The molecule has 22 heavy (non-hydrogen) atoms. The van der Waals surface area contributed by atoms with Crippen molar-refractivity contribution in [3.8, 4) is 0 Å². The number of nitrogens with zero attached hydrogens (tertiary/aromatic N) is 2. The Labute approximate surface area is 137 Å². The van der Waals surface area contributed by atoms with Crippen LogP contribution in [0.3, 0.4) is 0 Å². The van der Waals surface area contributed by atoms with Crippen LogP contribution >= 0.6 is 0 Å². The highest BCUT2D eigenvalue weighted by Gasteiger charge is 2.38. The standard InChI is InChI=1S/C14H34B2N2O4/c1-7-17(5)11-13-21-15(19-9-3)16(20-10-4)22-14-12-18(6)8-2/h7-14H2,1-6H3. The molecule has 0 unspecified atom stereocenters. The number of likely N-dealkylation sites (N-methyl/N-ethyl adjacent to an activating group) is 2. The summed E-state index contributed by atoms with van der Waals surface area (Å²) in [4.78, 5) is 4.38. The second-order valence-electron chi connectivity index (χ2n) is 5.18. The molecule has 0 aromatic heterocycles. The Hall–Kier alpha value is -0.110. The molecule has 0 aromatic rings. The van der Waals surface area contributed by atoms with Crippen LogP contribution in [0.5, 0.6) is 0 Å². The highest BCUT2D eigenvalue weighted by molar-refractivity contribution is 7.10. The van der Waals surface area contributed by atoms with Gasteiger partial charge in [0, 0.05) is 39.5 Å². The van der Waals surface area contributed by atoms with Gasteiger partial charge < -0.3 is 28.4 Å². The van der Waals surface area contributed by atoms with Crippen molar-refractivity contribution in [1.82, 2.24) is 9.80 Å². The van der Waals surface area contributed by atoms with E-state index >= 15 is 0 Å². The molecular weight excluding hydrogens is 282 g/mol. The summed E-state index contributed by atoms with van der Waals surface area (Å²) in [5.74, 6) is 0. The van der Waals surface area contributed by atoms with Gasteiger partial charge in [-0.25, -0.2) is 0 Å². The van der Waals surface area contributed by atoms with E-state index in [1.807, 2.05) is 13.8 Å². The highest BCUT2D eigenvalue weighted by Crippen LogP contribution is 2.02. The van der Waals surface area contributed by atoms with Gasteiger partial charge in [0.05, 0.1) is 0 Å². The van der Waals surface area contributed by atoms with E-state index in [0.29, 0.717) is 26.4 Å². The molecule has 0 heterocycles. The van der Waals surface area contributed by atoms with Crippen LogP contribution < -0.4 is 0 Å². The van der Waals surface area contributed by atoms with E-state index in [2.05, 4.69) is 37.7 Å². The molecule has 0 saturated carbocycles. The van der Waals surface area contributed by atoms with Gasteiger partial charge in [0.2, 0.25) is 0 Å². The van der Waals surface area contributed by atoms with Crippen LogP contribution in [0.4, 0.5) is 0 Å². The smallest absolute Gasteiger partial charge is 0.414 e. The predicted octanol–water partition coefficient (Wildman–Crippen LogP) is 1.05. The molecule has 0 fully saturated rings. The summed E-state index contributed by atoms with van der Waals surface area (Å²) in [6.07, 6.45) is 0. The van der Waals surface area contributed by atoms with Crippen molar-refractivity contribution in [2.24, 2.45) is 0 Å². The first-order chi connectivity index (χ1) is 10.6. The third kappa shape index (κ3) is 10.6. The van der Waals surface area contributed by atoms with Crippen molar-refractivity contribution < 1.29 is 18.6 Å². The summed E-state index contributed by atoms with van der Waals surface area (Å²) >= 11 is 0. The Kier molecular flexibility index (Phi) is 14.4. The Morgan fingerprint density at radius 3 is 1.27 bits per heavy atom. The molecule has 0 bridgehead atoms. The lowest BCUT2D eigenvalue weighted by atomic mass is 9.48. The van der Waals surface area contributed by atoms with E-state index in [1.165, 1.54) is 0 Å². The lowest BCUT2D eigenvalue weighted by Crippen LogP contribution is -2.48. The molecular formula is C14H34B2N2O4. The molecule has 0 radical (unpaired) electrons. The summed E-state index contributed by atoms with van der Waals surface area (Å²) < 4.78 is 23.0. The average Bonchev–Trinajstić information content (AvgIpc) is 2.52. The number of hydrogen-bond acceptors (Lipinski definition) is 6. The summed E-state index contributed by atoms with van der Waals surface area (Å²) in [6, 6.07) is 0. The molecule has 0 N–H and O–H groups in total. The van der Waals surface area contributed by atoms with Crippen molar-refractivity contribution in [2.75, 3.05) is 66.7 Å². The average molecular weight is 316 g/mol. The molecule has 0 aliphatic carbocycles. The van der Waals surface area contributed by atoms with Gasteiger partial charge >= 0.3 is 14.0 Å². The molecule has 0 aliphatic heterocycles. The monoisotopic (exact) mass is 316 g/mol. The van der Waals surface area contributed by atoms with Crippen molar-refractivity contribution in [3.63, 3.8) is 0 Å². The van der Waals surface area contributed by atoms with Crippen LogP contribution in [0, 0.1) is 0 Å². The first-order valence-electron chi connectivity index (χ1n) is 8.42. The van der Waals surface area contributed by atoms with Crippen LogP contribution in [0.1, 0.15) is 27.7 Å². The van der Waals surface area contributed by atoms with E-state index in [0.717, 1.165) is 26.2 Å². The predicted molar refractivity (Wildman–Crippen MR) is 93.0 cm³/mol. The Morgan fingerprint density at radius 2 is 1.00 bits per heavy atom. The summed E-state index contributed by atoms with van der Waals surface area (Å²) in [5, 5.41) is 0. The second-order valence-corrected chi connectivity index (χ2v) is 5.18. The van der Waals surface area contributed by atoms with Gasteiger partial charge in [-0.2, -0.15) is 0 Å². The lowest BCUT2D eigenvalue weighted by Gasteiger charge is -2.22. The van der Waals surface area contributed by atoms with Gasteiger partial charge in [0.1, 0.15) is 0 Å². The fourth-order valence-corrected chi connectivity index (χ4v) is 1.70. The van der Waals surface area contributed by atoms with E-state index in [1.54, 1.807) is 0 Å². The zero-order valence-electron chi connectivity index (χ0n) is 15.3. The first-order valence-corrected chi connectivity index (χ1v) is 8.42.